The third-order valence-corrected chi connectivity index (χ3v) is 4.51. The molecule has 116 valence electrons. The van der Waals surface area contributed by atoms with E-state index in [2.05, 4.69) is 31.5 Å². The summed E-state index contributed by atoms with van der Waals surface area (Å²) in [5.74, 6) is -0.324. The molecule has 0 radical (unpaired) electrons. The molecular formula is C15H16BrN3O2S. The maximum absolute atomic E-state index is 11.9. The van der Waals surface area contributed by atoms with Gasteiger partial charge in [-0.3, -0.25) is 9.59 Å². The number of amides is 2. The first kappa shape index (κ1) is 16.6. The molecule has 1 aromatic carbocycles. The number of aryl methyl sites for hydroxylation is 1. The third-order valence-electron chi connectivity index (χ3n) is 2.85. The van der Waals surface area contributed by atoms with E-state index < -0.39 is 0 Å². The summed E-state index contributed by atoms with van der Waals surface area (Å²) in [5, 5.41) is 6.43. The summed E-state index contributed by atoms with van der Waals surface area (Å²) < 4.78 is 0.953. The Balaban J connectivity index is 1.74. The summed E-state index contributed by atoms with van der Waals surface area (Å²) >= 11 is 4.71. The molecule has 22 heavy (non-hydrogen) atoms. The number of aromatic nitrogens is 1. The SMILES string of the molecule is CCc1ncc(C(=O)NCCC(=O)Nc2ccc(Br)cc2)s1. The zero-order valence-electron chi connectivity index (χ0n) is 12.1. The molecule has 2 aromatic rings. The van der Waals surface area contributed by atoms with Gasteiger partial charge in [-0.15, -0.1) is 11.3 Å². The summed E-state index contributed by atoms with van der Waals surface area (Å²) in [7, 11) is 0. The molecule has 0 unspecified atom stereocenters. The minimum absolute atomic E-state index is 0.138. The highest BCUT2D eigenvalue weighted by Gasteiger charge is 2.10. The van der Waals surface area contributed by atoms with Crippen LogP contribution in [-0.4, -0.2) is 23.3 Å². The van der Waals surface area contributed by atoms with Crippen LogP contribution in [0.2, 0.25) is 0 Å². The molecule has 5 nitrogen and oxygen atoms in total. The van der Waals surface area contributed by atoms with Crippen molar-refractivity contribution in [3.05, 3.63) is 44.8 Å². The Morgan fingerprint density at radius 2 is 2.00 bits per heavy atom. The molecule has 1 aromatic heterocycles. The van der Waals surface area contributed by atoms with Gasteiger partial charge in [-0.2, -0.15) is 0 Å². The number of benzene rings is 1. The van der Waals surface area contributed by atoms with Crippen molar-refractivity contribution in [2.75, 3.05) is 11.9 Å². The summed E-state index contributed by atoms with van der Waals surface area (Å²) in [5.41, 5.74) is 0.731. The van der Waals surface area contributed by atoms with Gasteiger partial charge in [0, 0.05) is 23.1 Å². The molecular weight excluding hydrogens is 366 g/mol. The molecule has 0 atom stereocenters. The maximum Gasteiger partial charge on any atom is 0.263 e. The molecule has 0 aliphatic heterocycles. The molecule has 0 aliphatic carbocycles. The lowest BCUT2D eigenvalue weighted by molar-refractivity contribution is -0.116. The molecule has 0 saturated carbocycles. The lowest BCUT2D eigenvalue weighted by atomic mass is 10.3. The summed E-state index contributed by atoms with van der Waals surface area (Å²) in [6.07, 6.45) is 2.61. The van der Waals surface area contributed by atoms with Crippen LogP contribution in [0.3, 0.4) is 0 Å². The van der Waals surface area contributed by atoms with E-state index in [1.54, 1.807) is 6.20 Å². The lowest BCUT2D eigenvalue weighted by Gasteiger charge is -2.06. The second kappa shape index (κ2) is 8.05. The van der Waals surface area contributed by atoms with E-state index in [0.29, 0.717) is 11.4 Å². The maximum atomic E-state index is 11.9. The smallest absolute Gasteiger partial charge is 0.263 e. The number of carbonyl (C=O) groups excluding carboxylic acids is 2. The van der Waals surface area contributed by atoms with Crippen LogP contribution < -0.4 is 10.6 Å². The van der Waals surface area contributed by atoms with Crippen LogP contribution in [0.1, 0.15) is 28.0 Å². The van der Waals surface area contributed by atoms with Gasteiger partial charge in [-0.25, -0.2) is 4.98 Å². The predicted molar refractivity (Wildman–Crippen MR) is 91.2 cm³/mol. The molecule has 0 bridgehead atoms. The topological polar surface area (TPSA) is 71.1 Å². The predicted octanol–water partition coefficient (Wildman–Crippen LogP) is 3.23. The Morgan fingerprint density at radius 1 is 1.27 bits per heavy atom. The molecule has 7 heteroatoms. The molecule has 2 N–H and O–H groups in total. The quantitative estimate of drug-likeness (QED) is 0.806. The van der Waals surface area contributed by atoms with Gasteiger partial charge in [0.2, 0.25) is 5.91 Å². The van der Waals surface area contributed by atoms with Crippen LogP contribution >= 0.6 is 27.3 Å². The van der Waals surface area contributed by atoms with Gasteiger partial charge in [0.1, 0.15) is 4.88 Å². The van der Waals surface area contributed by atoms with E-state index in [9.17, 15) is 9.59 Å². The van der Waals surface area contributed by atoms with Crippen LogP contribution in [-0.2, 0) is 11.2 Å². The van der Waals surface area contributed by atoms with E-state index in [4.69, 9.17) is 0 Å². The van der Waals surface area contributed by atoms with Crippen molar-refractivity contribution < 1.29 is 9.59 Å². The van der Waals surface area contributed by atoms with Crippen molar-refractivity contribution >= 4 is 44.8 Å². The fraction of sp³-hybridized carbons (Fsp3) is 0.267. The first-order chi connectivity index (χ1) is 10.6. The zero-order chi connectivity index (χ0) is 15.9. The number of halogens is 1. The molecule has 0 saturated heterocycles. The summed E-state index contributed by atoms with van der Waals surface area (Å²) in [4.78, 5) is 28.4. The number of carbonyl (C=O) groups is 2. The summed E-state index contributed by atoms with van der Waals surface area (Å²) in [6.45, 7) is 2.29. The van der Waals surface area contributed by atoms with Crippen LogP contribution in [0.4, 0.5) is 5.69 Å². The fourth-order valence-corrected chi connectivity index (χ4v) is 2.75. The van der Waals surface area contributed by atoms with E-state index in [-0.39, 0.29) is 18.2 Å². The average Bonchev–Trinajstić information content (AvgIpc) is 2.98. The number of nitrogens with zero attached hydrogens (tertiary/aromatic N) is 1. The van der Waals surface area contributed by atoms with Crippen molar-refractivity contribution in [3.63, 3.8) is 0 Å². The first-order valence-corrected chi connectivity index (χ1v) is 8.47. The van der Waals surface area contributed by atoms with Gasteiger partial charge in [-0.1, -0.05) is 22.9 Å². The van der Waals surface area contributed by atoms with Crippen molar-refractivity contribution in [2.45, 2.75) is 19.8 Å². The Kier molecular flexibility index (Phi) is 6.09. The minimum atomic E-state index is -0.186. The molecule has 0 fully saturated rings. The van der Waals surface area contributed by atoms with Crippen molar-refractivity contribution in [1.29, 1.82) is 0 Å². The van der Waals surface area contributed by atoms with E-state index in [1.165, 1.54) is 11.3 Å². The van der Waals surface area contributed by atoms with Crippen LogP contribution in [0, 0.1) is 0 Å². The number of rotatable bonds is 6. The second-order valence-electron chi connectivity index (χ2n) is 4.53. The number of hydrogen-bond acceptors (Lipinski definition) is 4. The lowest BCUT2D eigenvalue weighted by Crippen LogP contribution is -2.27. The zero-order valence-corrected chi connectivity index (χ0v) is 14.5. The van der Waals surface area contributed by atoms with Gasteiger partial charge in [0.05, 0.1) is 11.2 Å². The van der Waals surface area contributed by atoms with E-state index >= 15 is 0 Å². The Morgan fingerprint density at radius 3 is 2.64 bits per heavy atom. The number of nitrogens with one attached hydrogen (secondary N) is 2. The van der Waals surface area contributed by atoms with E-state index in [1.807, 2.05) is 31.2 Å². The number of hydrogen-bond donors (Lipinski definition) is 2. The monoisotopic (exact) mass is 381 g/mol. The normalized spacial score (nSPS) is 10.3. The Hall–Kier alpha value is -1.73. The van der Waals surface area contributed by atoms with Crippen molar-refractivity contribution in [2.24, 2.45) is 0 Å². The Bertz CT molecular complexity index is 655. The van der Waals surface area contributed by atoms with E-state index in [0.717, 1.165) is 21.6 Å². The fourth-order valence-electron chi connectivity index (χ4n) is 1.71. The standard InChI is InChI=1S/C15H16BrN3O2S/c1-2-14-18-9-12(22-14)15(21)17-8-7-13(20)19-11-5-3-10(16)4-6-11/h3-6,9H,2,7-8H2,1H3,(H,17,21)(H,19,20). The van der Waals surface area contributed by atoms with Gasteiger partial charge in [0.25, 0.3) is 5.91 Å². The van der Waals surface area contributed by atoms with Gasteiger partial charge in [0.15, 0.2) is 0 Å². The van der Waals surface area contributed by atoms with Crippen LogP contribution in [0.5, 0.6) is 0 Å². The number of anilines is 1. The molecule has 0 aliphatic rings. The minimum Gasteiger partial charge on any atom is -0.351 e. The Labute approximate surface area is 141 Å². The largest absolute Gasteiger partial charge is 0.351 e. The second-order valence-corrected chi connectivity index (χ2v) is 6.56. The highest BCUT2D eigenvalue weighted by atomic mass is 79.9. The molecule has 2 amide bonds. The number of thiazole rings is 1. The average molecular weight is 382 g/mol. The van der Waals surface area contributed by atoms with Gasteiger partial charge < -0.3 is 10.6 Å². The van der Waals surface area contributed by atoms with Crippen molar-refractivity contribution in [1.82, 2.24) is 10.3 Å². The molecule has 0 spiro atoms. The van der Waals surface area contributed by atoms with Crippen molar-refractivity contribution in [3.8, 4) is 0 Å². The van der Waals surface area contributed by atoms with Crippen LogP contribution in [0.25, 0.3) is 0 Å². The first-order valence-electron chi connectivity index (χ1n) is 6.87. The van der Waals surface area contributed by atoms with Crippen LogP contribution in [0.15, 0.2) is 34.9 Å². The summed E-state index contributed by atoms with van der Waals surface area (Å²) in [6, 6.07) is 7.33. The molecule has 2 rings (SSSR count). The third kappa shape index (κ3) is 4.92. The highest BCUT2D eigenvalue weighted by molar-refractivity contribution is 9.10. The van der Waals surface area contributed by atoms with Gasteiger partial charge >= 0.3 is 0 Å². The van der Waals surface area contributed by atoms with Gasteiger partial charge in [-0.05, 0) is 30.7 Å². The molecule has 1 heterocycles. The highest BCUT2D eigenvalue weighted by Crippen LogP contribution is 2.14.